The van der Waals surface area contributed by atoms with E-state index in [2.05, 4.69) is 17.2 Å². The van der Waals surface area contributed by atoms with Gasteiger partial charge in [-0.05, 0) is 37.3 Å². The van der Waals surface area contributed by atoms with Gasteiger partial charge in [0.1, 0.15) is 11.6 Å². The fourth-order valence-corrected chi connectivity index (χ4v) is 1.57. The number of hydrogen-bond donors (Lipinski definition) is 1. The molecule has 20 heavy (non-hydrogen) atoms. The summed E-state index contributed by atoms with van der Waals surface area (Å²) in [5.74, 6) is 5.34. The Kier molecular flexibility index (Phi) is 4.35. The predicted octanol–water partition coefficient (Wildman–Crippen LogP) is 3.81. The number of carbonyl (C=O) groups is 1. The van der Waals surface area contributed by atoms with Gasteiger partial charge < -0.3 is 4.74 Å². The van der Waals surface area contributed by atoms with E-state index in [0.717, 1.165) is 0 Å². The molecule has 0 aliphatic heterocycles. The fourth-order valence-electron chi connectivity index (χ4n) is 1.57. The molecule has 1 N–H and O–H groups in total. The molecule has 2 aromatic carbocycles. The summed E-state index contributed by atoms with van der Waals surface area (Å²) in [6.07, 6.45) is -0.753. The summed E-state index contributed by atoms with van der Waals surface area (Å²) >= 11 is 0. The number of carbonyl (C=O) groups excluding carboxylic acids is 1. The van der Waals surface area contributed by atoms with Crippen molar-refractivity contribution in [2.75, 3.05) is 5.32 Å². The largest absolute Gasteiger partial charge is 0.417 e. The summed E-state index contributed by atoms with van der Waals surface area (Å²) in [6.45, 7) is 1.68. The third-order valence-corrected chi connectivity index (χ3v) is 2.43. The highest BCUT2D eigenvalue weighted by Gasteiger charge is 2.09. The van der Waals surface area contributed by atoms with Crippen molar-refractivity contribution in [3.8, 4) is 17.6 Å². The number of ether oxygens (including phenoxy) is 1. The van der Waals surface area contributed by atoms with E-state index < -0.39 is 11.9 Å². The number of benzene rings is 2. The summed E-state index contributed by atoms with van der Waals surface area (Å²) in [4.78, 5) is 11.7. The highest BCUT2D eigenvalue weighted by Crippen LogP contribution is 2.17. The molecule has 0 fully saturated rings. The molecule has 0 aliphatic rings. The second kappa shape index (κ2) is 6.39. The Bertz CT molecular complexity index is 672. The van der Waals surface area contributed by atoms with Crippen molar-refractivity contribution in [2.45, 2.75) is 6.92 Å². The minimum Gasteiger partial charge on any atom is -0.410 e. The molecule has 0 spiro atoms. The van der Waals surface area contributed by atoms with Gasteiger partial charge >= 0.3 is 6.09 Å². The standard InChI is InChI=1S/C16H12FNO2/c1-2-6-12-9-10-14(17)15(11-12)18-16(19)20-13-7-4-3-5-8-13/h3-5,7-11H,1H3,(H,18,19). The number of halogens is 1. The van der Waals surface area contributed by atoms with Gasteiger partial charge in [-0.3, -0.25) is 5.32 Å². The molecule has 3 nitrogen and oxygen atoms in total. The summed E-state index contributed by atoms with van der Waals surface area (Å²) < 4.78 is 18.6. The molecule has 0 aliphatic carbocycles. The summed E-state index contributed by atoms with van der Waals surface area (Å²) in [6, 6.07) is 12.8. The Morgan fingerprint density at radius 2 is 1.95 bits per heavy atom. The first kappa shape index (κ1) is 13.6. The van der Waals surface area contributed by atoms with Gasteiger partial charge in [-0.15, -0.1) is 5.92 Å². The van der Waals surface area contributed by atoms with Crippen molar-refractivity contribution in [3.05, 3.63) is 59.9 Å². The first-order valence-electron chi connectivity index (χ1n) is 5.95. The van der Waals surface area contributed by atoms with Crippen LogP contribution in [0, 0.1) is 17.7 Å². The lowest BCUT2D eigenvalue weighted by atomic mass is 10.2. The average molecular weight is 269 g/mol. The van der Waals surface area contributed by atoms with Crippen molar-refractivity contribution in [1.82, 2.24) is 0 Å². The van der Waals surface area contributed by atoms with E-state index in [1.54, 1.807) is 43.3 Å². The van der Waals surface area contributed by atoms with Crippen LogP contribution in [0.1, 0.15) is 12.5 Å². The smallest absolute Gasteiger partial charge is 0.410 e. The van der Waals surface area contributed by atoms with E-state index in [9.17, 15) is 9.18 Å². The maximum Gasteiger partial charge on any atom is 0.417 e. The molecular formula is C16H12FNO2. The molecule has 100 valence electrons. The number of amides is 1. The maximum absolute atomic E-state index is 13.6. The van der Waals surface area contributed by atoms with Crippen LogP contribution in [0.3, 0.4) is 0 Å². The Labute approximate surface area is 116 Å². The van der Waals surface area contributed by atoms with Crippen molar-refractivity contribution in [2.24, 2.45) is 0 Å². The van der Waals surface area contributed by atoms with E-state index in [0.29, 0.717) is 11.3 Å². The molecular weight excluding hydrogens is 257 g/mol. The monoisotopic (exact) mass is 269 g/mol. The summed E-state index contributed by atoms with van der Waals surface area (Å²) in [7, 11) is 0. The minimum absolute atomic E-state index is 0.0335. The minimum atomic E-state index is -0.753. The number of rotatable bonds is 2. The third kappa shape index (κ3) is 3.59. The third-order valence-electron chi connectivity index (χ3n) is 2.43. The van der Waals surface area contributed by atoms with Crippen LogP contribution in [0.2, 0.25) is 0 Å². The van der Waals surface area contributed by atoms with Crippen molar-refractivity contribution < 1.29 is 13.9 Å². The Hall–Kier alpha value is -2.80. The van der Waals surface area contributed by atoms with Gasteiger partial charge in [0.25, 0.3) is 0 Å². The van der Waals surface area contributed by atoms with Gasteiger partial charge in [-0.2, -0.15) is 0 Å². The zero-order chi connectivity index (χ0) is 14.4. The van der Waals surface area contributed by atoms with Gasteiger partial charge in [0, 0.05) is 5.56 Å². The lowest BCUT2D eigenvalue weighted by molar-refractivity contribution is 0.215. The molecule has 0 unspecified atom stereocenters. The van der Waals surface area contributed by atoms with Crippen LogP contribution >= 0.6 is 0 Å². The Balaban J connectivity index is 2.10. The van der Waals surface area contributed by atoms with Crippen LogP contribution in [0.4, 0.5) is 14.9 Å². The zero-order valence-electron chi connectivity index (χ0n) is 10.8. The van der Waals surface area contributed by atoms with Gasteiger partial charge in [-0.25, -0.2) is 9.18 Å². The molecule has 0 radical (unpaired) electrons. The molecule has 2 rings (SSSR count). The molecule has 0 saturated heterocycles. The first-order chi connectivity index (χ1) is 9.69. The molecule has 2 aromatic rings. The molecule has 4 heteroatoms. The van der Waals surface area contributed by atoms with Crippen LogP contribution in [-0.4, -0.2) is 6.09 Å². The van der Waals surface area contributed by atoms with Gasteiger partial charge in [-0.1, -0.05) is 24.1 Å². The van der Waals surface area contributed by atoms with Crippen LogP contribution in [-0.2, 0) is 0 Å². The van der Waals surface area contributed by atoms with Crippen LogP contribution in [0.15, 0.2) is 48.5 Å². The number of nitrogens with one attached hydrogen (secondary N) is 1. The van der Waals surface area contributed by atoms with Crippen molar-refractivity contribution in [1.29, 1.82) is 0 Å². The number of para-hydroxylation sites is 1. The van der Waals surface area contributed by atoms with Gasteiger partial charge in [0.05, 0.1) is 5.69 Å². The lowest BCUT2D eigenvalue weighted by Gasteiger charge is -2.07. The van der Waals surface area contributed by atoms with E-state index >= 15 is 0 Å². The highest BCUT2D eigenvalue weighted by molar-refractivity contribution is 5.86. The molecule has 0 saturated carbocycles. The average Bonchev–Trinajstić information content (AvgIpc) is 2.44. The fraction of sp³-hybridized carbons (Fsp3) is 0.0625. The Morgan fingerprint density at radius 1 is 1.20 bits per heavy atom. The summed E-state index contributed by atoms with van der Waals surface area (Å²) in [5, 5.41) is 2.35. The van der Waals surface area contributed by atoms with Crippen molar-refractivity contribution >= 4 is 11.8 Å². The van der Waals surface area contributed by atoms with E-state index in [4.69, 9.17) is 4.74 Å². The van der Waals surface area contributed by atoms with E-state index in [-0.39, 0.29) is 5.69 Å². The second-order valence-corrected chi connectivity index (χ2v) is 3.90. The SMILES string of the molecule is CC#Cc1ccc(F)c(NC(=O)Oc2ccccc2)c1. The lowest BCUT2D eigenvalue weighted by Crippen LogP contribution is -2.17. The quantitative estimate of drug-likeness (QED) is 0.842. The first-order valence-corrected chi connectivity index (χ1v) is 5.95. The van der Waals surface area contributed by atoms with Gasteiger partial charge in [0.15, 0.2) is 0 Å². The van der Waals surface area contributed by atoms with Crippen LogP contribution < -0.4 is 10.1 Å². The highest BCUT2D eigenvalue weighted by atomic mass is 19.1. The second-order valence-electron chi connectivity index (χ2n) is 3.90. The summed E-state index contributed by atoms with van der Waals surface area (Å²) in [5.41, 5.74) is 0.648. The van der Waals surface area contributed by atoms with E-state index in [1.807, 2.05) is 0 Å². The molecule has 0 bridgehead atoms. The maximum atomic E-state index is 13.6. The normalized spacial score (nSPS) is 9.30. The Morgan fingerprint density at radius 3 is 2.65 bits per heavy atom. The number of anilines is 1. The predicted molar refractivity (Wildman–Crippen MR) is 75.0 cm³/mol. The molecule has 1 amide bonds. The topological polar surface area (TPSA) is 38.3 Å². The molecule has 0 heterocycles. The molecule has 0 aromatic heterocycles. The number of hydrogen-bond acceptors (Lipinski definition) is 2. The van der Waals surface area contributed by atoms with Crippen molar-refractivity contribution in [3.63, 3.8) is 0 Å². The molecule has 0 atom stereocenters. The van der Waals surface area contributed by atoms with Crippen LogP contribution in [0.25, 0.3) is 0 Å². The van der Waals surface area contributed by atoms with Crippen LogP contribution in [0.5, 0.6) is 5.75 Å². The van der Waals surface area contributed by atoms with Gasteiger partial charge in [0.2, 0.25) is 0 Å². The zero-order valence-corrected chi connectivity index (χ0v) is 10.8. The van der Waals surface area contributed by atoms with E-state index in [1.165, 1.54) is 12.1 Å².